The summed E-state index contributed by atoms with van der Waals surface area (Å²) in [6.45, 7) is 9.14. The van der Waals surface area contributed by atoms with Crippen molar-refractivity contribution in [1.82, 2.24) is 4.90 Å². The largest absolute Gasteiger partial charge is 0.482 e. The lowest BCUT2D eigenvalue weighted by molar-refractivity contribution is -0.386. The van der Waals surface area contributed by atoms with Crippen molar-refractivity contribution in [3.05, 3.63) is 140 Å². The van der Waals surface area contributed by atoms with E-state index in [2.05, 4.69) is 49.9 Å². The van der Waals surface area contributed by atoms with Gasteiger partial charge in [0.2, 0.25) is 0 Å². The Labute approximate surface area is 253 Å². The highest BCUT2D eigenvalue weighted by molar-refractivity contribution is 5.66. The van der Waals surface area contributed by atoms with Crippen LogP contribution in [0.15, 0.2) is 91.0 Å². The fourth-order valence-corrected chi connectivity index (χ4v) is 6.00. The highest BCUT2D eigenvalue weighted by Crippen LogP contribution is 2.39. The Bertz CT molecular complexity index is 1570. The number of nitro benzene ring substituents is 1. The van der Waals surface area contributed by atoms with Gasteiger partial charge in [-0.25, -0.2) is 0 Å². The number of benzene rings is 4. The zero-order chi connectivity index (χ0) is 30.6. The van der Waals surface area contributed by atoms with E-state index in [1.54, 1.807) is 12.1 Å². The molecule has 4 aromatic carbocycles. The van der Waals surface area contributed by atoms with Gasteiger partial charge < -0.3 is 9.47 Å². The zero-order valence-electron chi connectivity index (χ0n) is 25.2. The minimum absolute atomic E-state index is 0.161. The maximum absolute atomic E-state index is 12.4. The van der Waals surface area contributed by atoms with E-state index < -0.39 is 17.0 Å². The maximum Gasteiger partial charge on any atom is 0.311 e. The van der Waals surface area contributed by atoms with Gasteiger partial charge in [0.25, 0.3) is 0 Å². The Balaban J connectivity index is 1.47. The molecule has 0 amide bonds. The van der Waals surface area contributed by atoms with Crippen LogP contribution in [0.1, 0.15) is 58.9 Å². The van der Waals surface area contributed by atoms with Gasteiger partial charge in [-0.05, 0) is 73.1 Å². The Hall–Kier alpha value is -4.49. The Kier molecular flexibility index (Phi) is 8.92. The number of hydrogen-bond acceptors (Lipinski definition) is 6. The van der Waals surface area contributed by atoms with E-state index in [9.17, 15) is 14.9 Å². The normalized spacial score (nSPS) is 14.3. The van der Waals surface area contributed by atoms with Crippen molar-refractivity contribution in [2.45, 2.75) is 65.3 Å². The Morgan fingerprint density at radius 3 is 2.05 bits per heavy atom. The highest BCUT2D eigenvalue weighted by atomic mass is 16.6. The molecule has 0 aromatic heterocycles. The molecule has 0 saturated heterocycles. The molecule has 1 aliphatic carbocycles. The molecular weight excluding hydrogens is 540 g/mol. The molecule has 0 fully saturated rings. The van der Waals surface area contributed by atoms with Crippen LogP contribution in [0.5, 0.6) is 5.75 Å². The second-order valence-corrected chi connectivity index (χ2v) is 11.8. The number of esters is 1. The Morgan fingerprint density at radius 2 is 1.49 bits per heavy atom. The van der Waals surface area contributed by atoms with E-state index in [4.69, 9.17) is 9.47 Å². The van der Waals surface area contributed by atoms with Crippen LogP contribution in [0.25, 0.3) is 0 Å². The lowest BCUT2D eigenvalue weighted by Gasteiger charge is -2.40. The first-order valence-corrected chi connectivity index (χ1v) is 14.6. The van der Waals surface area contributed by atoms with E-state index in [1.165, 1.54) is 35.2 Å². The predicted molar refractivity (Wildman–Crippen MR) is 167 cm³/mol. The first-order chi connectivity index (χ1) is 20.6. The minimum atomic E-state index is -0.716. The fraction of sp³-hybridized carbons (Fsp3) is 0.306. The molecule has 0 radical (unpaired) electrons. The van der Waals surface area contributed by atoms with Crippen molar-refractivity contribution in [3.63, 3.8) is 0 Å². The molecule has 4 aromatic rings. The zero-order valence-corrected chi connectivity index (χ0v) is 25.2. The third kappa shape index (κ3) is 7.12. The van der Waals surface area contributed by atoms with Crippen LogP contribution >= 0.6 is 0 Å². The summed E-state index contributed by atoms with van der Waals surface area (Å²) < 4.78 is 11.7. The average Bonchev–Trinajstić information content (AvgIpc) is 3.32. The van der Waals surface area contributed by atoms with Crippen LogP contribution in [-0.4, -0.2) is 27.9 Å². The summed E-state index contributed by atoms with van der Waals surface area (Å²) in [4.78, 5) is 26.4. The van der Waals surface area contributed by atoms with Gasteiger partial charge in [-0.1, -0.05) is 78.9 Å². The smallest absolute Gasteiger partial charge is 0.311 e. The quantitative estimate of drug-likeness (QED) is 0.104. The molecule has 0 N–H and O–H groups in total. The topological polar surface area (TPSA) is 81.9 Å². The number of rotatable bonds is 11. The molecule has 7 nitrogen and oxygen atoms in total. The Morgan fingerprint density at radius 1 is 0.907 bits per heavy atom. The van der Waals surface area contributed by atoms with Gasteiger partial charge in [-0.3, -0.25) is 19.8 Å². The van der Waals surface area contributed by atoms with Crippen LogP contribution in [0.3, 0.4) is 0 Å². The molecule has 1 atom stereocenters. The molecule has 0 heterocycles. The lowest BCUT2D eigenvalue weighted by Crippen LogP contribution is -2.48. The molecule has 0 bridgehead atoms. The summed E-state index contributed by atoms with van der Waals surface area (Å²) in [5, 5.41) is 12.1. The molecule has 1 unspecified atom stereocenters. The second kappa shape index (κ2) is 12.8. The van der Waals surface area contributed by atoms with Crippen LogP contribution in [0, 0.1) is 24.0 Å². The molecule has 0 aliphatic heterocycles. The van der Waals surface area contributed by atoms with Crippen molar-refractivity contribution in [1.29, 1.82) is 0 Å². The first kappa shape index (κ1) is 30.0. The van der Waals surface area contributed by atoms with E-state index in [0.717, 1.165) is 24.0 Å². The SMILES string of the molecule is CC(=O)OC(CN(Cc1ccccc1)C1(C)Cc2cc(C)c(C)cc2C1)c1ccc(OCc2ccccc2)c([N+](=O)[O-])c1. The van der Waals surface area contributed by atoms with Gasteiger partial charge in [0, 0.05) is 37.2 Å². The average molecular weight is 579 g/mol. The van der Waals surface area contributed by atoms with E-state index in [0.29, 0.717) is 18.7 Å². The second-order valence-electron chi connectivity index (χ2n) is 11.8. The molecular formula is C36H38N2O5. The number of aryl methyl sites for hydroxylation is 2. The summed E-state index contributed by atoms with van der Waals surface area (Å²) >= 11 is 0. The third-order valence-corrected chi connectivity index (χ3v) is 8.42. The highest BCUT2D eigenvalue weighted by Gasteiger charge is 2.40. The molecule has 0 saturated carbocycles. The lowest BCUT2D eigenvalue weighted by atomic mass is 9.93. The van der Waals surface area contributed by atoms with Crippen molar-refractivity contribution < 1.29 is 19.2 Å². The molecule has 43 heavy (non-hydrogen) atoms. The van der Waals surface area contributed by atoms with Gasteiger partial charge in [0.1, 0.15) is 12.7 Å². The minimum Gasteiger partial charge on any atom is -0.482 e. The van der Waals surface area contributed by atoms with Gasteiger partial charge >= 0.3 is 11.7 Å². The third-order valence-electron chi connectivity index (χ3n) is 8.42. The number of carbonyl (C=O) groups is 1. The van der Waals surface area contributed by atoms with Gasteiger partial charge in [0.15, 0.2) is 5.75 Å². The first-order valence-electron chi connectivity index (χ1n) is 14.6. The van der Waals surface area contributed by atoms with Gasteiger partial charge in [0.05, 0.1) is 4.92 Å². The summed E-state index contributed by atoms with van der Waals surface area (Å²) in [5.74, 6) is -0.271. The summed E-state index contributed by atoms with van der Waals surface area (Å²) in [7, 11) is 0. The number of nitro groups is 1. The van der Waals surface area contributed by atoms with E-state index in [-0.39, 0.29) is 23.6 Å². The van der Waals surface area contributed by atoms with Crippen LogP contribution in [-0.2, 0) is 35.5 Å². The van der Waals surface area contributed by atoms with Crippen molar-refractivity contribution in [2.75, 3.05) is 6.54 Å². The van der Waals surface area contributed by atoms with Crippen LogP contribution in [0.4, 0.5) is 5.69 Å². The van der Waals surface area contributed by atoms with Crippen LogP contribution in [0.2, 0.25) is 0 Å². The summed E-state index contributed by atoms with van der Waals surface area (Å²) in [5.41, 5.74) is 7.42. The standard InChI is InChI=1S/C36H38N2O5/c1-25-17-31-20-36(4,21-32(31)18-26(25)2)37(22-28-11-7-5-8-12-28)23-35(43-27(3)39)30-15-16-34(33(19-30)38(40)41)42-24-29-13-9-6-10-14-29/h5-19,35H,20-24H2,1-4H3. The maximum atomic E-state index is 12.4. The van der Waals surface area contributed by atoms with Crippen LogP contribution < -0.4 is 4.74 Å². The molecule has 0 spiro atoms. The summed E-state index contributed by atoms with van der Waals surface area (Å²) in [6, 6.07) is 29.2. The van der Waals surface area contributed by atoms with Crippen molar-refractivity contribution in [3.8, 4) is 5.75 Å². The number of fused-ring (bicyclic) bond motifs is 1. The van der Waals surface area contributed by atoms with E-state index in [1.807, 2.05) is 48.5 Å². The molecule has 5 rings (SSSR count). The monoisotopic (exact) mass is 578 g/mol. The van der Waals surface area contributed by atoms with Crippen molar-refractivity contribution in [2.24, 2.45) is 0 Å². The number of carbonyl (C=O) groups excluding carboxylic acids is 1. The van der Waals surface area contributed by atoms with Gasteiger partial charge in [-0.15, -0.1) is 0 Å². The predicted octanol–water partition coefficient (Wildman–Crippen LogP) is 7.45. The molecule has 222 valence electrons. The molecule has 7 heteroatoms. The number of ether oxygens (including phenoxy) is 2. The molecule has 1 aliphatic rings. The summed E-state index contributed by atoms with van der Waals surface area (Å²) in [6.07, 6.45) is 0.998. The fourth-order valence-electron chi connectivity index (χ4n) is 6.00. The number of nitrogens with zero attached hydrogens (tertiary/aromatic N) is 2. The van der Waals surface area contributed by atoms with Crippen molar-refractivity contribution >= 4 is 11.7 Å². The van der Waals surface area contributed by atoms with E-state index >= 15 is 0 Å². The number of hydrogen-bond donors (Lipinski definition) is 0. The van der Waals surface area contributed by atoms with Gasteiger partial charge in [-0.2, -0.15) is 0 Å².